The molecule has 1 atom stereocenters. The van der Waals surface area contributed by atoms with Gasteiger partial charge in [0.05, 0.1) is 30.8 Å². The standard InChI is InChI=1S/C29H32ClN3O3/c1-19-16-24(17-20(2)27(19)30)36-15-8-7-14-33-26-13-6-5-12-25(26)32-28(33)21(3)31-29(34)22-10-9-11-23(18-22)35-4/h5-6,9-13,16-18,21H,7-8,14-15H2,1-4H3,(H,31,34). The molecule has 1 heterocycles. The molecule has 7 heteroatoms. The minimum Gasteiger partial charge on any atom is -0.497 e. The lowest BCUT2D eigenvalue weighted by molar-refractivity contribution is 0.0937. The fourth-order valence-electron chi connectivity index (χ4n) is 4.32. The Morgan fingerprint density at radius 1 is 1.03 bits per heavy atom. The van der Waals surface area contributed by atoms with Crippen molar-refractivity contribution in [2.24, 2.45) is 0 Å². The number of ether oxygens (including phenoxy) is 2. The molecule has 36 heavy (non-hydrogen) atoms. The average Bonchev–Trinajstić information content (AvgIpc) is 3.25. The normalized spacial score (nSPS) is 11.9. The largest absolute Gasteiger partial charge is 0.497 e. The van der Waals surface area contributed by atoms with Gasteiger partial charge in [-0.25, -0.2) is 4.98 Å². The second-order valence-electron chi connectivity index (χ2n) is 8.96. The fraction of sp³-hybridized carbons (Fsp3) is 0.310. The third kappa shape index (κ3) is 5.82. The molecule has 0 bridgehead atoms. The van der Waals surface area contributed by atoms with Crippen molar-refractivity contribution < 1.29 is 14.3 Å². The number of methoxy groups -OCH3 is 1. The molecule has 1 N–H and O–H groups in total. The molecule has 1 amide bonds. The van der Waals surface area contributed by atoms with E-state index in [2.05, 4.69) is 16.0 Å². The van der Waals surface area contributed by atoms with E-state index in [0.717, 1.165) is 58.1 Å². The Kier molecular flexibility index (Phi) is 8.16. The highest BCUT2D eigenvalue weighted by Gasteiger charge is 2.19. The van der Waals surface area contributed by atoms with E-state index in [0.29, 0.717) is 17.9 Å². The summed E-state index contributed by atoms with van der Waals surface area (Å²) in [5.74, 6) is 2.16. The molecule has 0 saturated carbocycles. The maximum atomic E-state index is 12.9. The van der Waals surface area contributed by atoms with E-state index in [-0.39, 0.29) is 11.9 Å². The van der Waals surface area contributed by atoms with E-state index < -0.39 is 0 Å². The number of hydrogen-bond acceptors (Lipinski definition) is 4. The van der Waals surface area contributed by atoms with Crippen LogP contribution in [0.5, 0.6) is 11.5 Å². The molecule has 188 valence electrons. The van der Waals surface area contributed by atoms with Crippen LogP contribution in [0.25, 0.3) is 11.0 Å². The number of amides is 1. The zero-order valence-corrected chi connectivity index (χ0v) is 21.9. The summed E-state index contributed by atoms with van der Waals surface area (Å²) >= 11 is 6.26. The Balaban J connectivity index is 1.42. The summed E-state index contributed by atoms with van der Waals surface area (Å²) in [6, 6.07) is 18.9. The van der Waals surface area contributed by atoms with Crippen LogP contribution in [0.2, 0.25) is 5.02 Å². The molecule has 0 radical (unpaired) electrons. The number of benzene rings is 3. The molecule has 3 aromatic carbocycles. The monoisotopic (exact) mass is 505 g/mol. The number of carbonyl (C=O) groups excluding carboxylic acids is 1. The summed E-state index contributed by atoms with van der Waals surface area (Å²) < 4.78 is 13.4. The van der Waals surface area contributed by atoms with Crippen LogP contribution in [-0.4, -0.2) is 29.2 Å². The Bertz CT molecular complexity index is 1340. The summed E-state index contributed by atoms with van der Waals surface area (Å²) in [5, 5.41) is 3.88. The minimum atomic E-state index is -0.271. The van der Waals surface area contributed by atoms with Crippen molar-refractivity contribution in [3.63, 3.8) is 0 Å². The van der Waals surface area contributed by atoms with Gasteiger partial charge >= 0.3 is 0 Å². The lowest BCUT2D eigenvalue weighted by Gasteiger charge is -2.17. The third-order valence-corrected chi connectivity index (χ3v) is 6.80. The molecule has 0 spiro atoms. The highest BCUT2D eigenvalue weighted by molar-refractivity contribution is 6.32. The van der Waals surface area contributed by atoms with E-state index in [1.807, 2.05) is 63.2 Å². The molecule has 0 aliphatic heterocycles. The summed E-state index contributed by atoms with van der Waals surface area (Å²) in [6.07, 6.45) is 1.80. The number of halogens is 1. The van der Waals surface area contributed by atoms with Gasteiger partial charge in [0, 0.05) is 17.1 Å². The van der Waals surface area contributed by atoms with E-state index in [1.54, 1.807) is 19.2 Å². The minimum absolute atomic E-state index is 0.165. The number of rotatable bonds is 10. The van der Waals surface area contributed by atoms with Gasteiger partial charge in [-0.2, -0.15) is 0 Å². The number of unbranched alkanes of at least 4 members (excludes halogenated alkanes) is 1. The number of hydrogen-bond donors (Lipinski definition) is 1. The number of fused-ring (bicyclic) bond motifs is 1. The van der Waals surface area contributed by atoms with Crippen LogP contribution in [0.1, 0.15) is 53.1 Å². The van der Waals surface area contributed by atoms with Crippen LogP contribution in [0.3, 0.4) is 0 Å². The smallest absolute Gasteiger partial charge is 0.251 e. The highest BCUT2D eigenvalue weighted by Crippen LogP contribution is 2.26. The van der Waals surface area contributed by atoms with Crippen LogP contribution in [-0.2, 0) is 6.54 Å². The number of aryl methyl sites for hydroxylation is 3. The topological polar surface area (TPSA) is 65.4 Å². The predicted molar refractivity (Wildman–Crippen MR) is 144 cm³/mol. The molecular formula is C29H32ClN3O3. The molecule has 1 unspecified atom stereocenters. The molecule has 6 nitrogen and oxygen atoms in total. The number of aromatic nitrogens is 2. The van der Waals surface area contributed by atoms with Gasteiger partial charge in [-0.3, -0.25) is 4.79 Å². The zero-order valence-electron chi connectivity index (χ0n) is 21.2. The highest BCUT2D eigenvalue weighted by atomic mass is 35.5. The van der Waals surface area contributed by atoms with Gasteiger partial charge in [0.2, 0.25) is 0 Å². The lowest BCUT2D eigenvalue weighted by atomic mass is 10.1. The van der Waals surface area contributed by atoms with Crippen LogP contribution in [0.4, 0.5) is 0 Å². The Labute approximate surface area is 217 Å². The molecular weight excluding hydrogens is 474 g/mol. The van der Waals surface area contributed by atoms with Crippen molar-refractivity contribution in [1.82, 2.24) is 14.9 Å². The SMILES string of the molecule is COc1cccc(C(=O)NC(C)c2nc3ccccc3n2CCCCOc2cc(C)c(Cl)c(C)c2)c1. The van der Waals surface area contributed by atoms with E-state index in [1.165, 1.54) is 0 Å². The summed E-state index contributed by atoms with van der Waals surface area (Å²) in [5.41, 5.74) is 4.56. The molecule has 0 saturated heterocycles. The zero-order chi connectivity index (χ0) is 25.7. The van der Waals surface area contributed by atoms with E-state index in [9.17, 15) is 4.79 Å². The Morgan fingerprint density at radius 3 is 2.53 bits per heavy atom. The van der Waals surface area contributed by atoms with Gasteiger partial charge < -0.3 is 19.4 Å². The molecule has 0 aliphatic carbocycles. The second kappa shape index (κ2) is 11.5. The summed E-state index contributed by atoms with van der Waals surface area (Å²) in [6.45, 7) is 7.33. The van der Waals surface area contributed by atoms with Gasteiger partial charge in [-0.15, -0.1) is 0 Å². The Morgan fingerprint density at radius 2 is 1.78 bits per heavy atom. The number of nitrogens with zero attached hydrogens (tertiary/aromatic N) is 2. The molecule has 4 rings (SSSR count). The molecule has 4 aromatic rings. The first-order valence-corrected chi connectivity index (χ1v) is 12.5. The van der Waals surface area contributed by atoms with Gasteiger partial charge in [0.1, 0.15) is 17.3 Å². The molecule has 1 aromatic heterocycles. The van der Waals surface area contributed by atoms with Crippen molar-refractivity contribution >= 4 is 28.5 Å². The van der Waals surface area contributed by atoms with Gasteiger partial charge in [0.25, 0.3) is 5.91 Å². The van der Waals surface area contributed by atoms with Crippen LogP contribution < -0.4 is 14.8 Å². The van der Waals surface area contributed by atoms with Crippen molar-refractivity contribution in [3.8, 4) is 11.5 Å². The summed E-state index contributed by atoms with van der Waals surface area (Å²) in [7, 11) is 1.59. The van der Waals surface area contributed by atoms with E-state index >= 15 is 0 Å². The predicted octanol–water partition coefficient (Wildman–Crippen LogP) is 6.67. The quantitative estimate of drug-likeness (QED) is 0.244. The maximum Gasteiger partial charge on any atom is 0.251 e. The van der Waals surface area contributed by atoms with Gasteiger partial charge in [-0.05, 0) is 87.2 Å². The van der Waals surface area contributed by atoms with Gasteiger partial charge in [-0.1, -0.05) is 29.8 Å². The van der Waals surface area contributed by atoms with Crippen LogP contribution >= 0.6 is 11.6 Å². The number of imidazole rings is 1. The van der Waals surface area contributed by atoms with Crippen LogP contribution in [0, 0.1) is 13.8 Å². The van der Waals surface area contributed by atoms with Crippen molar-refractivity contribution in [3.05, 3.63) is 88.2 Å². The van der Waals surface area contributed by atoms with Crippen molar-refractivity contribution in [2.45, 2.75) is 46.2 Å². The average molecular weight is 506 g/mol. The van der Waals surface area contributed by atoms with Crippen molar-refractivity contribution in [1.29, 1.82) is 0 Å². The first kappa shape index (κ1) is 25.6. The number of para-hydroxylation sites is 2. The first-order chi connectivity index (χ1) is 17.4. The fourth-order valence-corrected chi connectivity index (χ4v) is 4.43. The lowest BCUT2D eigenvalue weighted by Crippen LogP contribution is -2.28. The number of nitrogens with one attached hydrogen (secondary N) is 1. The maximum absolute atomic E-state index is 12.9. The molecule has 0 aliphatic rings. The van der Waals surface area contributed by atoms with Gasteiger partial charge in [0.15, 0.2) is 0 Å². The van der Waals surface area contributed by atoms with E-state index in [4.69, 9.17) is 26.1 Å². The first-order valence-electron chi connectivity index (χ1n) is 12.2. The van der Waals surface area contributed by atoms with Crippen molar-refractivity contribution in [2.75, 3.05) is 13.7 Å². The molecule has 0 fully saturated rings. The Hall–Kier alpha value is -3.51. The number of carbonyl (C=O) groups is 1. The summed E-state index contributed by atoms with van der Waals surface area (Å²) in [4.78, 5) is 17.7. The third-order valence-electron chi connectivity index (χ3n) is 6.21. The van der Waals surface area contributed by atoms with Crippen LogP contribution in [0.15, 0.2) is 60.7 Å². The second-order valence-corrected chi connectivity index (χ2v) is 9.34.